The van der Waals surface area contributed by atoms with Gasteiger partial charge in [0, 0.05) is 18.6 Å². The Bertz CT molecular complexity index is 346. The summed E-state index contributed by atoms with van der Waals surface area (Å²) in [7, 11) is 0. The Balaban J connectivity index is 1.70. The molecule has 4 nitrogen and oxygen atoms in total. The SMILES string of the molecule is CCCC1NC(C)C(=O)N1C1CCN2CCCC2C1. The van der Waals surface area contributed by atoms with E-state index in [0.717, 1.165) is 25.3 Å². The summed E-state index contributed by atoms with van der Waals surface area (Å²) in [5.41, 5.74) is 0. The first kappa shape index (κ1) is 13.4. The van der Waals surface area contributed by atoms with Crippen molar-refractivity contribution in [2.75, 3.05) is 13.1 Å². The summed E-state index contributed by atoms with van der Waals surface area (Å²) < 4.78 is 0. The lowest BCUT2D eigenvalue weighted by atomic mass is 9.95. The van der Waals surface area contributed by atoms with Gasteiger partial charge in [0.1, 0.15) is 0 Å². The second kappa shape index (κ2) is 5.41. The molecule has 108 valence electrons. The Labute approximate surface area is 116 Å². The van der Waals surface area contributed by atoms with Crippen molar-refractivity contribution in [1.82, 2.24) is 15.1 Å². The lowest BCUT2D eigenvalue weighted by Crippen LogP contribution is -2.51. The van der Waals surface area contributed by atoms with Crippen LogP contribution in [-0.4, -0.2) is 53.1 Å². The molecule has 3 aliphatic rings. The summed E-state index contributed by atoms with van der Waals surface area (Å²) in [4.78, 5) is 17.3. The van der Waals surface area contributed by atoms with E-state index in [4.69, 9.17) is 0 Å². The van der Waals surface area contributed by atoms with Gasteiger partial charge in [0.15, 0.2) is 0 Å². The molecule has 0 aliphatic carbocycles. The van der Waals surface area contributed by atoms with Crippen molar-refractivity contribution in [3.8, 4) is 0 Å². The van der Waals surface area contributed by atoms with Gasteiger partial charge in [-0.1, -0.05) is 13.3 Å². The summed E-state index contributed by atoms with van der Waals surface area (Å²) in [5.74, 6) is 0.329. The highest BCUT2D eigenvalue weighted by molar-refractivity contribution is 5.84. The zero-order valence-electron chi connectivity index (χ0n) is 12.3. The van der Waals surface area contributed by atoms with E-state index >= 15 is 0 Å². The molecule has 0 saturated carbocycles. The van der Waals surface area contributed by atoms with E-state index in [2.05, 4.69) is 22.0 Å². The highest BCUT2D eigenvalue weighted by atomic mass is 16.2. The van der Waals surface area contributed by atoms with Gasteiger partial charge in [-0.3, -0.25) is 10.1 Å². The van der Waals surface area contributed by atoms with Gasteiger partial charge in [0.05, 0.1) is 12.2 Å². The third-order valence-corrected chi connectivity index (χ3v) is 5.15. The maximum atomic E-state index is 12.4. The summed E-state index contributed by atoms with van der Waals surface area (Å²) in [5, 5.41) is 3.47. The molecule has 3 aliphatic heterocycles. The molecule has 0 spiro atoms. The molecule has 0 bridgehead atoms. The van der Waals surface area contributed by atoms with E-state index in [1.807, 2.05) is 6.92 Å². The maximum Gasteiger partial charge on any atom is 0.240 e. The van der Waals surface area contributed by atoms with Gasteiger partial charge in [0.25, 0.3) is 0 Å². The fraction of sp³-hybridized carbons (Fsp3) is 0.933. The molecule has 0 aromatic heterocycles. The Morgan fingerprint density at radius 3 is 2.89 bits per heavy atom. The highest BCUT2D eigenvalue weighted by Crippen LogP contribution is 2.32. The van der Waals surface area contributed by atoms with E-state index in [9.17, 15) is 4.79 Å². The zero-order valence-corrected chi connectivity index (χ0v) is 12.3. The number of piperidine rings is 1. The van der Waals surface area contributed by atoms with Crippen molar-refractivity contribution in [3.63, 3.8) is 0 Å². The third kappa shape index (κ3) is 2.40. The second-order valence-corrected chi connectivity index (χ2v) is 6.45. The van der Waals surface area contributed by atoms with Gasteiger partial charge < -0.3 is 9.80 Å². The Hall–Kier alpha value is -0.610. The van der Waals surface area contributed by atoms with Crippen LogP contribution in [0, 0.1) is 0 Å². The number of hydrogen-bond donors (Lipinski definition) is 1. The van der Waals surface area contributed by atoms with Crippen LogP contribution in [0.1, 0.15) is 52.4 Å². The fourth-order valence-electron chi connectivity index (χ4n) is 4.20. The smallest absolute Gasteiger partial charge is 0.240 e. The average molecular weight is 265 g/mol. The third-order valence-electron chi connectivity index (χ3n) is 5.15. The molecule has 3 rings (SSSR count). The Morgan fingerprint density at radius 1 is 1.26 bits per heavy atom. The molecule has 3 saturated heterocycles. The molecule has 4 heteroatoms. The predicted molar refractivity (Wildman–Crippen MR) is 75.8 cm³/mol. The van der Waals surface area contributed by atoms with Gasteiger partial charge in [-0.15, -0.1) is 0 Å². The van der Waals surface area contributed by atoms with Crippen LogP contribution in [0.3, 0.4) is 0 Å². The molecule has 0 aromatic rings. The van der Waals surface area contributed by atoms with Crippen LogP contribution in [0.25, 0.3) is 0 Å². The first-order chi connectivity index (χ1) is 9.20. The highest BCUT2D eigenvalue weighted by Gasteiger charge is 2.43. The van der Waals surface area contributed by atoms with Gasteiger partial charge in [-0.25, -0.2) is 0 Å². The normalized spacial score (nSPS) is 39.9. The number of fused-ring (bicyclic) bond motifs is 1. The van der Waals surface area contributed by atoms with Crippen molar-refractivity contribution in [1.29, 1.82) is 0 Å². The Morgan fingerprint density at radius 2 is 2.11 bits per heavy atom. The van der Waals surface area contributed by atoms with Crippen LogP contribution in [0.15, 0.2) is 0 Å². The molecular weight excluding hydrogens is 238 g/mol. The van der Waals surface area contributed by atoms with Crippen molar-refractivity contribution >= 4 is 5.91 Å². The minimum absolute atomic E-state index is 0.0122. The van der Waals surface area contributed by atoms with Crippen LogP contribution in [-0.2, 0) is 4.79 Å². The monoisotopic (exact) mass is 265 g/mol. The summed E-state index contributed by atoms with van der Waals surface area (Å²) in [6.07, 6.45) is 7.54. The average Bonchev–Trinajstić information content (AvgIpc) is 2.95. The molecule has 4 atom stereocenters. The topological polar surface area (TPSA) is 35.6 Å². The van der Waals surface area contributed by atoms with Gasteiger partial charge in [-0.2, -0.15) is 0 Å². The molecule has 3 fully saturated rings. The standard InChI is InChI=1S/C15H27N3O/c1-3-5-14-16-11(2)15(19)18(14)13-7-9-17-8-4-6-12(17)10-13/h11-14,16H,3-10H2,1-2H3. The van der Waals surface area contributed by atoms with E-state index in [-0.39, 0.29) is 12.2 Å². The lowest BCUT2D eigenvalue weighted by Gasteiger charge is -2.41. The molecule has 0 radical (unpaired) electrons. The van der Waals surface area contributed by atoms with E-state index in [1.54, 1.807) is 0 Å². The number of nitrogens with zero attached hydrogens (tertiary/aromatic N) is 2. The minimum atomic E-state index is 0.0122. The fourth-order valence-corrected chi connectivity index (χ4v) is 4.20. The molecule has 1 amide bonds. The Kier molecular flexibility index (Phi) is 3.81. The van der Waals surface area contributed by atoms with Gasteiger partial charge >= 0.3 is 0 Å². The minimum Gasteiger partial charge on any atom is -0.323 e. The number of amides is 1. The molecule has 19 heavy (non-hydrogen) atoms. The summed E-state index contributed by atoms with van der Waals surface area (Å²) in [6.45, 7) is 6.67. The van der Waals surface area contributed by atoms with Gasteiger partial charge in [0.2, 0.25) is 5.91 Å². The van der Waals surface area contributed by atoms with Crippen molar-refractivity contribution in [2.45, 2.75) is 76.7 Å². The number of carbonyl (C=O) groups is 1. The molecule has 0 aromatic carbocycles. The molecular formula is C15H27N3O. The predicted octanol–water partition coefficient (Wildman–Crippen LogP) is 1.56. The van der Waals surface area contributed by atoms with E-state index in [1.165, 1.54) is 32.4 Å². The molecule has 3 heterocycles. The second-order valence-electron chi connectivity index (χ2n) is 6.45. The first-order valence-electron chi connectivity index (χ1n) is 8.03. The van der Waals surface area contributed by atoms with Crippen LogP contribution < -0.4 is 5.32 Å². The zero-order chi connectivity index (χ0) is 13.4. The van der Waals surface area contributed by atoms with Gasteiger partial charge in [-0.05, 0) is 45.6 Å². The quantitative estimate of drug-likeness (QED) is 0.841. The number of carbonyl (C=O) groups excluding carboxylic acids is 1. The maximum absolute atomic E-state index is 12.4. The van der Waals surface area contributed by atoms with E-state index in [0.29, 0.717) is 11.9 Å². The number of nitrogens with one attached hydrogen (secondary N) is 1. The van der Waals surface area contributed by atoms with Crippen LogP contribution in [0.4, 0.5) is 0 Å². The number of rotatable bonds is 3. The van der Waals surface area contributed by atoms with Crippen LogP contribution >= 0.6 is 0 Å². The molecule has 4 unspecified atom stereocenters. The van der Waals surface area contributed by atoms with Crippen LogP contribution in [0.5, 0.6) is 0 Å². The summed E-state index contributed by atoms with van der Waals surface area (Å²) in [6, 6.07) is 1.23. The van der Waals surface area contributed by atoms with Crippen molar-refractivity contribution < 1.29 is 4.79 Å². The lowest BCUT2D eigenvalue weighted by molar-refractivity contribution is -0.133. The summed E-state index contributed by atoms with van der Waals surface area (Å²) >= 11 is 0. The first-order valence-corrected chi connectivity index (χ1v) is 8.03. The number of hydrogen-bond acceptors (Lipinski definition) is 3. The molecule has 1 N–H and O–H groups in total. The van der Waals surface area contributed by atoms with Crippen LogP contribution in [0.2, 0.25) is 0 Å². The van der Waals surface area contributed by atoms with Crippen molar-refractivity contribution in [2.24, 2.45) is 0 Å². The van der Waals surface area contributed by atoms with Crippen molar-refractivity contribution in [3.05, 3.63) is 0 Å². The largest absolute Gasteiger partial charge is 0.323 e. The van der Waals surface area contributed by atoms with E-state index < -0.39 is 0 Å².